The molecule has 2 unspecified atom stereocenters. The molecular formula is C23H30N4O3. The number of amides is 3. The molecule has 3 amide bonds. The Kier molecular flexibility index (Phi) is 4.90. The molecule has 4 aliphatic heterocycles. The van der Waals surface area contributed by atoms with E-state index in [1.54, 1.807) is 4.90 Å². The maximum atomic E-state index is 13.1. The van der Waals surface area contributed by atoms with Gasteiger partial charge in [0.15, 0.2) is 0 Å². The molecule has 30 heavy (non-hydrogen) atoms. The normalized spacial score (nSPS) is 28.8. The standard InChI is InChI=1S/C23H30N4O3/c1-15-11-23(7-9-24-10-8-23)14-26(15)12-16-3-2-4-17-18(16)13-27(22(17)30)19-5-6-20(28)25-21(19)29/h2-4,15,19,24H,5-14H2,1H3,(H,25,28,29). The largest absolute Gasteiger partial charge is 0.322 e. The van der Waals surface area contributed by atoms with E-state index in [1.807, 2.05) is 12.1 Å². The number of hydrogen-bond donors (Lipinski definition) is 2. The molecule has 7 heteroatoms. The summed E-state index contributed by atoms with van der Waals surface area (Å²) in [6, 6.07) is 5.93. The van der Waals surface area contributed by atoms with Crippen molar-refractivity contribution in [3.8, 4) is 0 Å². The first-order chi connectivity index (χ1) is 14.5. The first-order valence-electron chi connectivity index (χ1n) is 11.2. The Labute approximate surface area is 177 Å². The zero-order valence-corrected chi connectivity index (χ0v) is 17.6. The molecule has 7 nitrogen and oxygen atoms in total. The molecule has 3 saturated heterocycles. The molecule has 1 spiro atoms. The van der Waals surface area contributed by atoms with Crippen molar-refractivity contribution in [1.82, 2.24) is 20.4 Å². The van der Waals surface area contributed by atoms with Crippen LogP contribution in [0.3, 0.4) is 0 Å². The van der Waals surface area contributed by atoms with E-state index in [1.165, 1.54) is 24.8 Å². The highest BCUT2D eigenvalue weighted by Crippen LogP contribution is 2.43. The molecule has 0 bridgehead atoms. The molecule has 5 rings (SSSR count). The molecular weight excluding hydrogens is 380 g/mol. The Morgan fingerprint density at radius 1 is 1.17 bits per heavy atom. The third-order valence-electron chi connectivity index (χ3n) is 7.61. The van der Waals surface area contributed by atoms with Gasteiger partial charge in [-0.2, -0.15) is 0 Å². The average molecular weight is 411 g/mol. The van der Waals surface area contributed by atoms with Gasteiger partial charge in [-0.3, -0.25) is 24.6 Å². The lowest BCUT2D eigenvalue weighted by Crippen LogP contribution is -2.52. The Morgan fingerprint density at radius 3 is 2.73 bits per heavy atom. The fourth-order valence-corrected chi connectivity index (χ4v) is 5.95. The molecule has 160 valence electrons. The summed E-state index contributed by atoms with van der Waals surface area (Å²) < 4.78 is 0. The van der Waals surface area contributed by atoms with Crippen LogP contribution in [-0.4, -0.2) is 59.2 Å². The number of hydrogen-bond acceptors (Lipinski definition) is 5. The highest BCUT2D eigenvalue weighted by atomic mass is 16.2. The second-order valence-corrected chi connectivity index (χ2v) is 9.55. The number of nitrogens with one attached hydrogen (secondary N) is 2. The minimum absolute atomic E-state index is 0.0920. The van der Waals surface area contributed by atoms with Gasteiger partial charge < -0.3 is 10.2 Å². The van der Waals surface area contributed by atoms with E-state index in [2.05, 4.69) is 28.5 Å². The van der Waals surface area contributed by atoms with Crippen molar-refractivity contribution in [2.45, 2.75) is 64.2 Å². The van der Waals surface area contributed by atoms with Gasteiger partial charge in [-0.25, -0.2) is 0 Å². The van der Waals surface area contributed by atoms with Crippen molar-refractivity contribution in [1.29, 1.82) is 0 Å². The Balaban J connectivity index is 1.35. The summed E-state index contributed by atoms with van der Waals surface area (Å²) >= 11 is 0. The first kappa shape index (κ1) is 19.7. The number of imide groups is 1. The van der Waals surface area contributed by atoms with Gasteiger partial charge in [-0.05, 0) is 68.3 Å². The first-order valence-corrected chi connectivity index (χ1v) is 11.2. The van der Waals surface area contributed by atoms with E-state index in [0.717, 1.165) is 31.7 Å². The number of carbonyl (C=O) groups is 3. The number of carbonyl (C=O) groups excluding carboxylic acids is 3. The third-order valence-corrected chi connectivity index (χ3v) is 7.61. The second kappa shape index (κ2) is 7.46. The topological polar surface area (TPSA) is 81.8 Å². The highest BCUT2D eigenvalue weighted by molar-refractivity contribution is 6.05. The number of nitrogens with zero attached hydrogens (tertiary/aromatic N) is 2. The van der Waals surface area contributed by atoms with Crippen molar-refractivity contribution in [2.24, 2.45) is 5.41 Å². The average Bonchev–Trinajstić information content (AvgIpc) is 3.20. The molecule has 1 aromatic rings. The summed E-state index contributed by atoms with van der Waals surface area (Å²) in [6.45, 7) is 6.95. The summed E-state index contributed by atoms with van der Waals surface area (Å²) in [5, 5.41) is 5.86. The Morgan fingerprint density at radius 2 is 1.97 bits per heavy atom. The van der Waals surface area contributed by atoms with Crippen molar-refractivity contribution in [3.05, 3.63) is 34.9 Å². The van der Waals surface area contributed by atoms with Crippen LogP contribution in [0, 0.1) is 5.41 Å². The van der Waals surface area contributed by atoms with E-state index in [9.17, 15) is 14.4 Å². The predicted octanol–water partition coefficient (Wildman–Crippen LogP) is 1.41. The molecule has 2 atom stereocenters. The second-order valence-electron chi connectivity index (χ2n) is 9.55. The third kappa shape index (κ3) is 3.34. The molecule has 4 aliphatic rings. The van der Waals surface area contributed by atoms with Gasteiger partial charge in [0.25, 0.3) is 5.91 Å². The van der Waals surface area contributed by atoms with Gasteiger partial charge in [0.05, 0.1) is 0 Å². The fourth-order valence-electron chi connectivity index (χ4n) is 5.95. The van der Waals surface area contributed by atoms with Gasteiger partial charge in [0.1, 0.15) is 6.04 Å². The van der Waals surface area contributed by atoms with E-state index in [-0.39, 0.29) is 24.1 Å². The fraction of sp³-hybridized carbons (Fsp3) is 0.609. The van der Waals surface area contributed by atoms with Gasteiger partial charge in [0.2, 0.25) is 11.8 Å². The SMILES string of the molecule is CC1CC2(CCNCC2)CN1Cc1cccc2c1CN(C1CCC(=O)NC1=O)C2=O. The molecule has 2 N–H and O–H groups in total. The smallest absolute Gasteiger partial charge is 0.255 e. The zero-order chi connectivity index (χ0) is 20.9. The molecule has 0 saturated carbocycles. The number of piperidine rings is 2. The zero-order valence-electron chi connectivity index (χ0n) is 17.6. The van der Waals surface area contributed by atoms with Crippen LogP contribution in [0.15, 0.2) is 18.2 Å². The highest BCUT2D eigenvalue weighted by Gasteiger charge is 2.44. The summed E-state index contributed by atoms with van der Waals surface area (Å²) in [5.41, 5.74) is 3.37. The van der Waals surface area contributed by atoms with Crippen molar-refractivity contribution < 1.29 is 14.4 Å². The van der Waals surface area contributed by atoms with Crippen LogP contribution in [0.5, 0.6) is 0 Å². The quantitative estimate of drug-likeness (QED) is 0.737. The predicted molar refractivity (Wildman–Crippen MR) is 112 cm³/mol. The van der Waals surface area contributed by atoms with Crippen molar-refractivity contribution in [2.75, 3.05) is 19.6 Å². The van der Waals surface area contributed by atoms with Gasteiger partial charge in [-0.1, -0.05) is 12.1 Å². The van der Waals surface area contributed by atoms with Gasteiger partial charge >= 0.3 is 0 Å². The van der Waals surface area contributed by atoms with E-state index >= 15 is 0 Å². The lowest BCUT2D eigenvalue weighted by Gasteiger charge is -2.34. The molecule has 3 fully saturated rings. The van der Waals surface area contributed by atoms with Crippen LogP contribution >= 0.6 is 0 Å². The minimum atomic E-state index is -0.556. The Hall–Kier alpha value is -2.25. The molecule has 0 aliphatic carbocycles. The monoisotopic (exact) mass is 410 g/mol. The van der Waals surface area contributed by atoms with Crippen LogP contribution < -0.4 is 10.6 Å². The van der Waals surface area contributed by atoms with E-state index in [4.69, 9.17) is 0 Å². The maximum Gasteiger partial charge on any atom is 0.255 e. The number of benzene rings is 1. The summed E-state index contributed by atoms with van der Waals surface area (Å²) in [7, 11) is 0. The minimum Gasteiger partial charge on any atom is -0.322 e. The molecule has 4 heterocycles. The van der Waals surface area contributed by atoms with E-state index in [0.29, 0.717) is 30.0 Å². The summed E-state index contributed by atoms with van der Waals surface area (Å²) in [5.74, 6) is -0.698. The van der Waals surface area contributed by atoms with Crippen molar-refractivity contribution >= 4 is 17.7 Å². The van der Waals surface area contributed by atoms with Crippen LogP contribution in [0.2, 0.25) is 0 Å². The Bertz CT molecular complexity index is 892. The van der Waals surface area contributed by atoms with E-state index < -0.39 is 6.04 Å². The van der Waals surface area contributed by atoms with Crippen LogP contribution in [-0.2, 0) is 22.7 Å². The maximum absolute atomic E-state index is 13.1. The lowest BCUT2D eigenvalue weighted by atomic mass is 9.77. The lowest BCUT2D eigenvalue weighted by molar-refractivity contribution is -0.136. The molecule has 0 radical (unpaired) electrons. The number of likely N-dealkylation sites (tertiary alicyclic amines) is 1. The number of fused-ring (bicyclic) bond motifs is 1. The van der Waals surface area contributed by atoms with Crippen molar-refractivity contribution in [3.63, 3.8) is 0 Å². The molecule has 1 aromatic carbocycles. The number of rotatable bonds is 3. The van der Waals surface area contributed by atoms with Gasteiger partial charge in [0, 0.05) is 37.7 Å². The molecule has 0 aromatic heterocycles. The summed E-state index contributed by atoms with van der Waals surface area (Å²) in [6.07, 6.45) is 4.40. The van der Waals surface area contributed by atoms with Crippen LogP contribution in [0.25, 0.3) is 0 Å². The van der Waals surface area contributed by atoms with Crippen LogP contribution in [0.1, 0.15) is 60.5 Å². The van der Waals surface area contributed by atoms with Crippen LogP contribution in [0.4, 0.5) is 0 Å². The summed E-state index contributed by atoms with van der Waals surface area (Å²) in [4.78, 5) is 41.1. The van der Waals surface area contributed by atoms with Gasteiger partial charge in [-0.15, -0.1) is 0 Å².